The van der Waals surface area contributed by atoms with Gasteiger partial charge in [-0.25, -0.2) is 9.78 Å². The first-order chi connectivity index (χ1) is 17.7. The number of nitrogens with one attached hydrogen (secondary N) is 1. The van der Waals surface area contributed by atoms with Gasteiger partial charge in [0.25, 0.3) is 0 Å². The Hall–Kier alpha value is -3.91. The average Bonchev–Trinajstić information content (AvgIpc) is 3.06. The minimum atomic E-state index is -0.508. The van der Waals surface area contributed by atoms with Crippen molar-refractivity contribution in [1.29, 1.82) is 0 Å². The maximum atomic E-state index is 12.5. The van der Waals surface area contributed by atoms with Crippen molar-refractivity contribution >= 4 is 23.6 Å². The van der Waals surface area contributed by atoms with E-state index in [1.165, 1.54) is 11.1 Å². The Bertz CT molecular complexity index is 1280. The van der Waals surface area contributed by atoms with E-state index >= 15 is 0 Å². The van der Waals surface area contributed by atoms with Crippen LogP contribution in [0.3, 0.4) is 0 Å². The van der Waals surface area contributed by atoms with Crippen molar-refractivity contribution < 1.29 is 14.3 Å². The molecule has 2 heterocycles. The summed E-state index contributed by atoms with van der Waals surface area (Å²) in [5.74, 6) is 0.760. The molecule has 1 aromatic heterocycles. The van der Waals surface area contributed by atoms with Crippen LogP contribution in [0.15, 0.2) is 65.7 Å². The van der Waals surface area contributed by atoms with E-state index < -0.39 is 5.60 Å². The number of pyridine rings is 1. The smallest absolute Gasteiger partial charge is 0.410 e. The van der Waals surface area contributed by atoms with E-state index in [0.29, 0.717) is 25.5 Å². The number of carbonyl (C=O) groups excluding carboxylic acids is 1. The predicted molar refractivity (Wildman–Crippen MR) is 147 cm³/mol. The molecule has 0 radical (unpaired) electrons. The summed E-state index contributed by atoms with van der Waals surface area (Å²) in [6, 6.07) is 19.8. The van der Waals surface area contributed by atoms with Crippen LogP contribution in [0.5, 0.6) is 0 Å². The zero-order chi connectivity index (χ0) is 26.4. The Morgan fingerprint density at radius 3 is 2.57 bits per heavy atom. The zero-order valence-corrected chi connectivity index (χ0v) is 22.0. The average molecular weight is 502 g/mol. The first-order valence-electron chi connectivity index (χ1n) is 12.5. The standard InChI is InChI=1S/C29H35N5O3/c1-29(2,3)37-28(35)34-16-14-20-12-13-23(18-21(20)15-17-34)31-27(30)33-26-11-7-10-25(32-26)24-9-6-5-8-22(24)19-36-4/h5-13,18H,14-17,19H2,1-4H3,(H3,30,31,32,33). The Kier molecular flexibility index (Phi) is 8.08. The van der Waals surface area contributed by atoms with Gasteiger partial charge >= 0.3 is 6.09 Å². The fraction of sp³-hybridized carbons (Fsp3) is 0.345. The number of carbonyl (C=O) groups is 1. The third-order valence-electron chi connectivity index (χ3n) is 6.00. The van der Waals surface area contributed by atoms with Crippen LogP contribution in [0.4, 0.5) is 16.3 Å². The lowest BCUT2D eigenvalue weighted by Crippen LogP contribution is -2.38. The first-order valence-corrected chi connectivity index (χ1v) is 12.5. The van der Waals surface area contributed by atoms with E-state index in [9.17, 15) is 4.79 Å². The molecule has 1 aliphatic heterocycles. The predicted octanol–water partition coefficient (Wildman–Crippen LogP) is 5.29. The van der Waals surface area contributed by atoms with Crippen LogP contribution in [0.2, 0.25) is 0 Å². The minimum Gasteiger partial charge on any atom is -0.444 e. The number of nitrogens with two attached hydrogens (primary N) is 1. The number of fused-ring (bicyclic) bond motifs is 1. The minimum absolute atomic E-state index is 0.249. The highest BCUT2D eigenvalue weighted by atomic mass is 16.6. The number of hydrogen-bond donors (Lipinski definition) is 2. The molecule has 3 aromatic rings. The summed E-state index contributed by atoms with van der Waals surface area (Å²) < 4.78 is 10.9. The molecule has 0 unspecified atom stereocenters. The Morgan fingerprint density at radius 2 is 1.81 bits per heavy atom. The van der Waals surface area contributed by atoms with Crippen LogP contribution in [0, 0.1) is 0 Å². The SMILES string of the molecule is COCc1ccccc1-c1cccc(/N=C(\N)Nc2ccc3c(c2)CCN(C(=O)OC(C)(C)C)CC3)n1. The molecule has 1 amide bonds. The molecule has 0 spiro atoms. The molecule has 1 aliphatic rings. The monoisotopic (exact) mass is 501 g/mol. The van der Waals surface area contributed by atoms with Crippen LogP contribution in [0.1, 0.15) is 37.5 Å². The summed E-state index contributed by atoms with van der Waals surface area (Å²) in [4.78, 5) is 23.5. The van der Waals surface area contributed by atoms with E-state index in [1.807, 2.05) is 69.3 Å². The lowest BCUT2D eigenvalue weighted by atomic mass is 10.0. The summed E-state index contributed by atoms with van der Waals surface area (Å²) in [5.41, 5.74) is 11.8. The maximum absolute atomic E-state index is 12.5. The molecule has 0 saturated heterocycles. The van der Waals surface area contributed by atoms with Gasteiger partial charge in [-0.05, 0) is 74.6 Å². The normalized spacial score (nSPS) is 14.1. The molecule has 194 valence electrons. The Balaban J connectivity index is 1.45. The van der Waals surface area contributed by atoms with Crippen molar-refractivity contribution in [2.24, 2.45) is 10.7 Å². The number of rotatable bonds is 5. The van der Waals surface area contributed by atoms with E-state index in [0.717, 1.165) is 35.3 Å². The molecular formula is C29H35N5O3. The van der Waals surface area contributed by atoms with Crippen LogP contribution in [-0.2, 0) is 28.9 Å². The highest BCUT2D eigenvalue weighted by Gasteiger charge is 2.24. The lowest BCUT2D eigenvalue weighted by Gasteiger charge is -2.26. The second-order valence-electron chi connectivity index (χ2n) is 10.0. The van der Waals surface area contributed by atoms with Crippen molar-refractivity contribution in [2.75, 3.05) is 25.5 Å². The highest BCUT2D eigenvalue weighted by Crippen LogP contribution is 2.25. The van der Waals surface area contributed by atoms with Gasteiger partial charge in [0.15, 0.2) is 11.8 Å². The molecule has 8 heteroatoms. The molecule has 37 heavy (non-hydrogen) atoms. The first kappa shape index (κ1) is 26.2. The molecule has 0 fully saturated rings. The van der Waals surface area contributed by atoms with Gasteiger partial charge in [-0.2, -0.15) is 4.99 Å². The number of methoxy groups -OCH3 is 1. The van der Waals surface area contributed by atoms with Gasteiger partial charge in [0.2, 0.25) is 0 Å². The summed E-state index contributed by atoms with van der Waals surface area (Å²) in [7, 11) is 1.68. The number of amides is 1. The van der Waals surface area contributed by atoms with Crippen LogP contribution >= 0.6 is 0 Å². The molecule has 0 bridgehead atoms. The Morgan fingerprint density at radius 1 is 1.05 bits per heavy atom. The van der Waals surface area contributed by atoms with Crippen molar-refractivity contribution in [2.45, 2.75) is 45.8 Å². The van der Waals surface area contributed by atoms with Crippen molar-refractivity contribution in [3.05, 3.63) is 77.4 Å². The number of aliphatic imine (C=N–C) groups is 1. The van der Waals surface area contributed by atoms with E-state index in [-0.39, 0.29) is 12.1 Å². The Labute approximate surface area is 218 Å². The van der Waals surface area contributed by atoms with Crippen molar-refractivity contribution in [3.63, 3.8) is 0 Å². The maximum Gasteiger partial charge on any atom is 0.410 e. The number of anilines is 1. The number of hydrogen-bond acceptors (Lipinski definition) is 5. The largest absolute Gasteiger partial charge is 0.444 e. The number of benzene rings is 2. The molecule has 2 aromatic carbocycles. The molecule has 8 nitrogen and oxygen atoms in total. The summed E-state index contributed by atoms with van der Waals surface area (Å²) in [6.07, 6.45) is 1.25. The summed E-state index contributed by atoms with van der Waals surface area (Å²) in [5, 5.41) is 3.18. The van der Waals surface area contributed by atoms with E-state index in [1.54, 1.807) is 12.0 Å². The summed E-state index contributed by atoms with van der Waals surface area (Å²) in [6.45, 7) is 7.39. The number of ether oxygens (including phenoxy) is 2. The van der Waals surface area contributed by atoms with Gasteiger partial charge in [0, 0.05) is 31.5 Å². The highest BCUT2D eigenvalue weighted by molar-refractivity contribution is 5.94. The fourth-order valence-corrected chi connectivity index (χ4v) is 4.30. The topological polar surface area (TPSA) is 102 Å². The van der Waals surface area contributed by atoms with Crippen molar-refractivity contribution in [3.8, 4) is 11.3 Å². The lowest BCUT2D eigenvalue weighted by molar-refractivity contribution is 0.0258. The van der Waals surface area contributed by atoms with Gasteiger partial charge in [0.05, 0.1) is 12.3 Å². The zero-order valence-electron chi connectivity index (χ0n) is 22.0. The second-order valence-corrected chi connectivity index (χ2v) is 10.0. The fourth-order valence-electron chi connectivity index (χ4n) is 4.30. The second kappa shape index (κ2) is 11.4. The van der Waals surface area contributed by atoms with E-state index in [4.69, 9.17) is 15.2 Å². The van der Waals surface area contributed by atoms with Gasteiger partial charge in [-0.15, -0.1) is 0 Å². The van der Waals surface area contributed by atoms with E-state index in [2.05, 4.69) is 27.4 Å². The van der Waals surface area contributed by atoms with Gasteiger partial charge < -0.3 is 25.4 Å². The van der Waals surface area contributed by atoms with Gasteiger partial charge in [0.1, 0.15) is 5.60 Å². The quantitative estimate of drug-likeness (QED) is 0.364. The molecule has 3 N–H and O–H groups in total. The molecule has 0 aliphatic carbocycles. The third kappa shape index (κ3) is 7.07. The molecular weight excluding hydrogens is 466 g/mol. The van der Waals surface area contributed by atoms with Crippen LogP contribution in [-0.4, -0.2) is 47.7 Å². The molecule has 4 rings (SSSR count). The number of aromatic nitrogens is 1. The number of guanidine groups is 1. The third-order valence-corrected chi connectivity index (χ3v) is 6.00. The molecule has 0 saturated carbocycles. The molecule has 0 atom stereocenters. The van der Waals surface area contributed by atoms with Crippen LogP contribution < -0.4 is 11.1 Å². The van der Waals surface area contributed by atoms with Gasteiger partial charge in [-0.1, -0.05) is 36.4 Å². The van der Waals surface area contributed by atoms with Crippen LogP contribution in [0.25, 0.3) is 11.3 Å². The number of nitrogens with zero attached hydrogens (tertiary/aromatic N) is 3. The summed E-state index contributed by atoms with van der Waals surface area (Å²) >= 11 is 0. The van der Waals surface area contributed by atoms with Gasteiger partial charge in [-0.3, -0.25) is 0 Å². The van der Waals surface area contributed by atoms with Crippen molar-refractivity contribution in [1.82, 2.24) is 9.88 Å².